The van der Waals surface area contributed by atoms with Crippen molar-refractivity contribution < 1.29 is 4.42 Å². The molecule has 0 bridgehead atoms. The molecule has 0 spiro atoms. The van der Waals surface area contributed by atoms with E-state index in [2.05, 4.69) is 16.8 Å². The number of piperazine rings is 1. The van der Waals surface area contributed by atoms with E-state index in [0.717, 1.165) is 31.9 Å². The number of rotatable bonds is 3. The van der Waals surface area contributed by atoms with E-state index in [-0.39, 0.29) is 30.9 Å². The summed E-state index contributed by atoms with van der Waals surface area (Å²) in [7, 11) is 0. The molecular formula is C11H17Cl3N2O. The zero-order chi connectivity index (χ0) is 10.7. The monoisotopic (exact) mass is 298 g/mol. The van der Waals surface area contributed by atoms with Gasteiger partial charge in [0.1, 0.15) is 5.76 Å². The summed E-state index contributed by atoms with van der Waals surface area (Å²) in [5, 5.41) is 3.75. The van der Waals surface area contributed by atoms with Crippen molar-refractivity contribution in [2.24, 2.45) is 0 Å². The molecule has 0 radical (unpaired) electrons. The largest absolute Gasteiger partial charge is 0.448 e. The van der Waals surface area contributed by atoms with Gasteiger partial charge in [0.05, 0.1) is 6.04 Å². The number of halogens is 3. The quantitative estimate of drug-likeness (QED) is 0.870. The highest BCUT2D eigenvalue weighted by Crippen LogP contribution is 2.25. The van der Waals surface area contributed by atoms with E-state index in [1.807, 2.05) is 12.1 Å². The standard InChI is InChI=1S/C11H15ClN2O.2ClH/c1-2-9(10-3-4-11(12)15-10)14-7-5-13-6-8-14;;/h2-4,9,13H,1,5-8H2;2*1H/t9-;;/m0../s1. The van der Waals surface area contributed by atoms with Gasteiger partial charge in [0.25, 0.3) is 0 Å². The molecule has 1 atom stereocenters. The van der Waals surface area contributed by atoms with Gasteiger partial charge in [0, 0.05) is 26.2 Å². The number of nitrogens with one attached hydrogen (secondary N) is 1. The molecule has 0 unspecified atom stereocenters. The smallest absolute Gasteiger partial charge is 0.193 e. The Hall–Kier alpha value is -0.190. The molecule has 2 heterocycles. The molecule has 0 amide bonds. The Morgan fingerprint density at radius 1 is 1.35 bits per heavy atom. The first-order valence-corrected chi connectivity index (χ1v) is 5.51. The first kappa shape index (κ1) is 16.8. The molecule has 17 heavy (non-hydrogen) atoms. The summed E-state index contributed by atoms with van der Waals surface area (Å²) in [4.78, 5) is 2.33. The minimum atomic E-state index is 0. The summed E-state index contributed by atoms with van der Waals surface area (Å²) >= 11 is 5.77. The summed E-state index contributed by atoms with van der Waals surface area (Å²) in [6, 6.07) is 3.83. The Balaban J connectivity index is 0.00000128. The van der Waals surface area contributed by atoms with Gasteiger partial charge in [0.15, 0.2) is 5.22 Å². The summed E-state index contributed by atoms with van der Waals surface area (Å²) < 4.78 is 5.42. The molecule has 1 saturated heterocycles. The lowest BCUT2D eigenvalue weighted by atomic mass is 10.1. The highest BCUT2D eigenvalue weighted by molar-refractivity contribution is 6.28. The fourth-order valence-electron chi connectivity index (χ4n) is 1.89. The second-order valence-corrected chi connectivity index (χ2v) is 3.98. The summed E-state index contributed by atoms with van der Waals surface area (Å²) in [6.45, 7) is 7.90. The second kappa shape index (κ2) is 8.01. The molecule has 98 valence electrons. The Morgan fingerprint density at radius 3 is 2.47 bits per heavy atom. The van der Waals surface area contributed by atoms with Crippen LogP contribution in [0.1, 0.15) is 11.8 Å². The fourth-order valence-corrected chi connectivity index (χ4v) is 2.04. The van der Waals surface area contributed by atoms with Crippen molar-refractivity contribution >= 4 is 36.4 Å². The summed E-state index contributed by atoms with van der Waals surface area (Å²) in [5.74, 6) is 0.872. The van der Waals surface area contributed by atoms with Gasteiger partial charge in [-0.25, -0.2) is 0 Å². The van der Waals surface area contributed by atoms with Crippen molar-refractivity contribution in [3.8, 4) is 0 Å². The van der Waals surface area contributed by atoms with Gasteiger partial charge in [-0.05, 0) is 23.7 Å². The van der Waals surface area contributed by atoms with Crippen molar-refractivity contribution in [1.82, 2.24) is 10.2 Å². The Labute approximate surface area is 119 Å². The lowest BCUT2D eigenvalue weighted by Gasteiger charge is -2.31. The van der Waals surface area contributed by atoms with Crippen LogP contribution >= 0.6 is 36.4 Å². The van der Waals surface area contributed by atoms with Gasteiger partial charge in [-0.1, -0.05) is 6.08 Å². The molecule has 0 aromatic carbocycles. The zero-order valence-corrected chi connectivity index (χ0v) is 11.8. The average Bonchev–Trinajstić information content (AvgIpc) is 2.68. The number of hydrogen-bond donors (Lipinski definition) is 1. The van der Waals surface area contributed by atoms with Crippen LogP contribution in [0.3, 0.4) is 0 Å². The molecular weight excluding hydrogens is 282 g/mol. The average molecular weight is 300 g/mol. The van der Waals surface area contributed by atoms with Crippen LogP contribution in [0.15, 0.2) is 29.2 Å². The molecule has 1 N–H and O–H groups in total. The maximum absolute atomic E-state index is 5.77. The van der Waals surface area contributed by atoms with Crippen LogP contribution < -0.4 is 5.32 Å². The third-order valence-electron chi connectivity index (χ3n) is 2.65. The molecule has 1 aliphatic heterocycles. The molecule has 1 aromatic heterocycles. The molecule has 3 nitrogen and oxygen atoms in total. The highest BCUT2D eigenvalue weighted by atomic mass is 35.5. The summed E-state index contributed by atoms with van der Waals surface area (Å²) in [5.41, 5.74) is 0. The van der Waals surface area contributed by atoms with Gasteiger partial charge in [-0.3, -0.25) is 4.90 Å². The van der Waals surface area contributed by atoms with Crippen LogP contribution in [0.25, 0.3) is 0 Å². The number of nitrogens with zero attached hydrogens (tertiary/aromatic N) is 1. The van der Waals surface area contributed by atoms with Gasteiger partial charge in [0.2, 0.25) is 0 Å². The predicted molar refractivity (Wildman–Crippen MR) is 75.6 cm³/mol. The third kappa shape index (κ3) is 4.19. The van der Waals surface area contributed by atoms with Crippen LogP contribution in [0.2, 0.25) is 5.22 Å². The van der Waals surface area contributed by atoms with E-state index >= 15 is 0 Å². The van der Waals surface area contributed by atoms with Crippen LogP contribution in [0, 0.1) is 0 Å². The van der Waals surface area contributed by atoms with Crippen molar-refractivity contribution in [2.45, 2.75) is 6.04 Å². The van der Waals surface area contributed by atoms with Gasteiger partial charge < -0.3 is 9.73 Å². The number of hydrogen-bond acceptors (Lipinski definition) is 3. The molecule has 6 heteroatoms. The minimum Gasteiger partial charge on any atom is -0.448 e. The maximum atomic E-state index is 5.77. The Morgan fingerprint density at radius 2 is 2.00 bits per heavy atom. The molecule has 0 saturated carbocycles. The normalized spacial score (nSPS) is 17.7. The van der Waals surface area contributed by atoms with E-state index in [1.54, 1.807) is 6.07 Å². The lowest BCUT2D eigenvalue weighted by molar-refractivity contribution is 0.185. The second-order valence-electron chi connectivity index (χ2n) is 3.61. The van der Waals surface area contributed by atoms with Crippen LogP contribution in [-0.4, -0.2) is 31.1 Å². The van der Waals surface area contributed by atoms with Crippen LogP contribution in [-0.2, 0) is 0 Å². The van der Waals surface area contributed by atoms with Gasteiger partial charge in [-0.2, -0.15) is 0 Å². The van der Waals surface area contributed by atoms with Crippen molar-refractivity contribution in [2.75, 3.05) is 26.2 Å². The highest BCUT2D eigenvalue weighted by Gasteiger charge is 2.21. The first-order valence-electron chi connectivity index (χ1n) is 5.14. The summed E-state index contributed by atoms with van der Waals surface area (Å²) in [6.07, 6.45) is 1.90. The van der Waals surface area contributed by atoms with Crippen molar-refractivity contribution in [3.05, 3.63) is 35.8 Å². The lowest BCUT2D eigenvalue weighted by Crippen LogP contribution is -2.44. The van der Waals surface area contributed by atoms with E-state index < -0.39 is 0 Å². The van der Waals surface area contributed by atoms with E-state index in [1.165, 1.54) is 0 Å². The zero-order valence-electron chi connectivity index (χ0n) is 9.39. The maximum Gasteiger partial charge on any atom is 0.193 e. The minimum absolute atomic E-state index is 0. The van der Waals surface area contributed by atoms with E-state index in [0.29, 0.717) is 5.22 Å². The molecule has 1 aliphatic rings. The predicted octanol–water partition coefficient (Wildman–Crippen LogP) is 2.91. The van der Waals surface area contributed by atoms with Crippen LogP contribution in [0.4, 0.5) is 0 Å². The third-order valence-corrected chi connectivity index (χ3v) is 2.86. The van der Waals surface area contributed by atoms with Crippen molar-refractivity contribution in [1.29, 1.82) is 0 Å². The Kier molecular flexibility index (Phi) is 7.92. The van der Waals surface area contributed by atoms with E-state index in [9.17, 15) is 0 Å². The van der Waals surface area contributed by atoms with Crippen molar-refractivity contribution in [3.63, 3.8) is 0 Å². The molecule has 1 aromatic rings. The fraction of sp³-hybridized carbons (Fsp3) is 0.455. The van der Waals surface area contributed by atoms with Crippen LogP contribution in [0.5, 0.6) is 0 Å². The topological polar surface area (TPSA) is 28.4 Å². The number of furan rings is 1. The molecule has 2 rings (SSSR count). The molecule has 0 aliphatic carbocycles. The Bertz CT molecular complexity index is 337. The SMILES string of the molecule is C=C[C@@H](c1ccc(Cl)o1)N1CCNCC1.Cl.Cl. The van der Waals surface area contributed by atoms with E-state index in [4.69, 9.17) is 16.0 Å². The molecule has 1 fully saturated rings. The first-order chi connectivity index (χ1) is 7.31. The van der Waals surface area contributed by atoms with Gasteiger partial charge >= 0.3 is 0 Å². The van der Waals surface area contributed by atoms with Gasteiger partial charge in [-0.15, -0.1) is 31.4 Å².